The van der Waals surface area contributed by atoms with Crippen LogP contribution in [0.15, 0.2) is 34.2 Å². The molecule has 0 unspecified atom stereocenters. The van der Waals surface area contributed by atoms with Crippen LogP contribution in [0.1, 0.15) is 32.8 Å². The molecular formula is C17H24N4O4S. The van der Waals surface area contributed by atoms with Gasteiger partial charge in [0.15, 0.2) is 0 Å². The van der Waals surface area contributed by atoms with Crippen molar-refractivity contribution in [3.8, 4) is 0 Å². The Morgan fingerprint density at radius 3 is 2.54 bits per heavy atom. The molecule has 3 N–H and O–H groups in total. The van der Waals surface area contributed by atoms with Gasteiger partial charge >= 0.3 is 0 Å². The molecule has 0 spiro atoms. The summed E-state index contributed by atoms with van der Waals surface area (Å²) in [7, 11) is -3.67. The number of nitrogens with one attached hydrogen (secondary N) is 3. The maximum atomic E-state index is 12.5. The van der Waals surface area contributed by atoms with Crippen molar-refractivity contribution in [3.63, 3.8) is 0 Å². The number of hydrogen-bond donors (Lipinski definition) is 3. The number of hydrogen-bond acceptors (Lipinski definition) is 5. The number of fused-ring (bicyclic) bond motifs is 1. The van der Waals surface area contributed by atoms with Gasteiger partial charge in [0.05, 0.1) is 11.4 Å². The Hall–Kier alpha value is -2.42. The third kappa shape index (κ3) is 4.40. The quantitative estimate of drug-likeness (QED) is 0.634. The number of rotatable bonds is 7. The molecule has 9 heteroatoms. The molecule has 0 bridgehead atoms. The van der Waals surface area contributed by atoms with Crippen molar-refractivity contribution in [2.24, 2.45) is 10.9 Å². The molecule has 1 aromatic carbocycles. The molecule has 2 atom stereocenters. The second-order valence-corrected chi connectivity index (χ2v) is 7.73. The molecule has 26 heavy (non-hydrogen) atoms. The molecule has 0 aromatic heterocycles. The number of benzene rings is 1. The largest absolute Gasteiger partial charge is 0.355 e. The Kier molecular flexibility index (Phi) is 6.36. The highest BCUT2D eigenvalue weighted by molar-refractivity contribution is 7.90. The zero-order valence-electron chi connectivity index (χ0n) is 15.1. The van der Waals surface area contributed by atoms with E-state index in [4.69, 9.17) is 0 Å². The normalized spacial score (nSPS) is 18.5. The average Bonchev–Trinajstić information content (AvgIpc) is 2.88. The maximum Gasteiger partial charge on any atom is 0.263 e. The molecule has 1 aliphatic heterocycles. The van der Waals surface area contributed by atoms with E-state index in [1.807, 2.05) is 13.8 Å². The second kappa shape index (κ2) is 8.31. The first kappa shape index (κ1) is 19.9. The lowest BCUT2D eigenvalue weighted by Gasteiger charge is -2.19. The van der Waals surface area contributed by atoms with Gasteiger partial charge in [0.25, 0.3) is 10.0 Å². The van der Waals surface area contributed by atoms with Gasteiger partial charge < -0.3 is 10.6 Å². The van der Waals surface area contributed by atoms with Crippen LogP contribution in [-0.2, 0) is 19.6 Å². The fourth-order valence-electron chi connectivity index (χ4n) is 2.57. The third-order valence-corrected chi connectivity index (χ3v) is 5.58. The molecule has 0 aliphatic carbocycles. The van der Waals surface area contributed by atoms with Gasteiger partial charge in [-0.3, -0.25) is 19.3 Å². The van der Waals surface area contributed by atoms with Crippen molar-refractivity contribution < 1.29 is 18.0 Å². The van der Waals surface area contributed by atoms with E-state index in [1.165, 1.54) is 6.07 Å². The Morgan fingerprint density at radius 2 is 1.88 bits per heavy atom. The molecule has 0 fully saturated rings. The number of likely N-dealkylation sites (N-methyl/N-ethyl adjacent to an activating group) is 1. The van der Waals surface area contributed by atoms with Crippen LogP contribution in [0.4, 0.5) is 0 Å². The number of carbonyl (C=O) groups is 2. The Balaban J connectivity index is 2.27. The van der Waals surface area contributed by atoms with Crippen LogP contribution in [0.25, 0.3) is 0 Å². The number of amidine groups is 1. The lowest BCUT2D eigenvalue weighted by atomic mass is 9.98. The standard InChI is InChI=1S/C17H24N4O4S/c1-4-11(3)15(17(23)19-10-14(22)18-5-2)20-16-12-8-6-7-9-13(12)26(24,25)21-16/h6-9,11,15H,4-5,10H2,1-3H3,(H,18,22)(H,19,23)(H,20,21)/t11-,15-/m0/s1. The van der Waals surface area contributed by atoms with Crippen LogP contribution < -0.4 is 15.4 Å². The monoisotopic (exact) mass is 380 g/mol. The van der Waals surface area contributed by atoms with E-state index in [-0.39, 0.29) is 29.1 Å². The van der Waals surface area contributed by atoms with Gasteiger partial charge in [-0.1, -0.05) is 32.4 Å². The van der Waals surface area contributed by atoms with Crippen molar-refractivity contribution in [1.82, 2.24) is 15.4 Å². The van der Waals surface area contributed by atoms with Gasteiger partial charge in [0.2, 0.25) is 11.8 Å². The molecule has 0 radical (unpaired) electrons. The molecule has 0 saturated heterocycles. The summed E-state index contributed by atoms with van der Waals surface area (Å²) in [6.07, 6.45) is 0.671. The summed E-state index contributed by atoms with van der Waals surface area (Å²) >= 11 is 0. The van der Waals surface area contributed by atoms with Crippen molar-refractivity contribution in [3.05, 3.63) is 29.8 Å². The van der Waals surface area contributed by atoms with Crippen LogP contribution in [-0.4, -0.2) is 45.2 Å². The number of aliphatic imine (C=N–C) groups is 1. The van der Waals surface area contributed by atoms with Crippen LogP contribution in [0.2, 0.25) is 0 Å². The maximum absolute atomic E-state index is 12.5. The minimum Gasteiger partial charge on any atom is -0.355 e. The van der Waals surface area contributed by atoms with Crippen molar-refractivity contribution in [2.75, 3.05) is 13.1 Å². The molecule has 142 valence electrons. The summed E-state index contributed by atoms with van der Waals surface area (Å²) in [5, 5.41) is 5.16. The average molecular weight is 380 g/mol. The Labute approximate surface area is 153 Å². The first-order chi connectivity index (χ1) is 12.3. The highest BCUT2D eigenvalue weighted by atomic mass is 32.2. The molecular weight excluding hydrogens is 356 g/mol. The summed E-state index contributed by atoms with van der Waals surface area (Å²) < 4.78 is 26.8. The van der Waals surface area contributed by atoms with E-state index in [2.05, 4.69) is 20.3 Å². The van der Waals surface area contributed by atoms with E-state index in [1.54, 1.807) is 25.1 Å². The minimum absolute atomic E-state index is 0.131. The van der Waals surface area contributed by atoms with Crippen LogP contribution >= 0.6 is 0 Å². The van der Waals surface area contributed by atoms with E-state index in [9.17, 15) is 18.0 Å². The van der Waals surface area contributed by atoms with Gasteiger partial charge in [0, 0.05) is 12.1 Å². The zero-order valence-corrected chi connectivity index (χ0v) is 15.9. The van der Waals surface area contributed by atoms with Crippen molar-refractivity contribution in [2.45, 2.75) is 38.1 Å². The van der Waals surface area contributed by atoms with Gasteiger partial charge in [-0.25, -0.2) is 8.42 Å². The molecule has 2 rings (SSSR count). The van der Waals surface area contributed by atoms with Crippen molar-refractivity contribution >= 4 is 27.7 Å². The smallest absolute Gasteiger partial charge is 0.263 e. The first-order valence-corrected chi connectivity index (χ1v) is 10.0. The van der Waals surface area contributed by atoms with Crippen LogP contribution in [0, 0.1) is 5.92 Å². The van der Waals surface area contributed by atoms with Gasteiger partial charge in [-0.15, -0.1) is 0 Å². The van der Waals surface area contributed by atoms with Crippen molar-refractivity contribution in [1.29, 1.82) is 0 Å². The lowest BCUT2D eigenvalue weighted by molar-refractivity contribution is -0.127. The summed E-state index contributed by atoms with van der Waals surface area (Å²) in [5.41, 5.74) is 0.442. The fraction of sp³-hybridized carbons (Fsp3) is 0.471. The van der Waals surface area contributed by atoms with E-state index in [0.29, 0.717) is 18.5 Å². The zero-order chi connectivity index (χ0) is 19.3. The number of carbonyl (C=O) groups excluding carboxylic acids is 2. The predicted molar refractivity (Wildman–Crippen MR) is 98.2 cm³/mol. The predicted octanol–water partition coefficient (Wildman–Crippen LogP) is 0.392. The minimum atomic E-state index is -3.67. The highest BCUT2D eigenvalue weighted by Crippen LogP contribution is 2.23. The molecule has 0 saturated carbocycles. The van der Waals surface area contributed by atoms with Gasteiger partial charge in [-0.05, 0) is 25.0 Å². The molecule has 1 aliphatic rings. The fourth-order valence-corrected chi connectivity index (χ4v) is 3.81. The van der Waals surface area contributed by atoms with E-state index in [0.717, 1.165) is 0 Å². The van der Waals surface area contributed by atoms with Crippen LogP contribution in [0.3, 0.4) is 0 Å². The van der Waals surface area contributed by atoms with E-state index < -0.39 is 22.0 Å². The van der Waals surface area contributed by atoms with E-state index >= 15 is 0 Å². The number of amides is 2. The van der Waals surface area contributed by atoms with Gasteiger partial charge in [0.1, 0.15) is 11.9 Å². The summed E-state index contributed by atoms with van der Waals surface area (Å²) in [6.45, 7) is 5.89. The van der Waals surface area contributed by atoms with Crippen LogP contribution in [0.5, 0.6) is 0 Å². The highest BCUT2D eigenvalue weighted by Gasteiger charge is 2.33. The Morgan fingerprint density at radius 1 is 1.19 bits per heavy atom. The first-order valence-electron chi connectivity index (χ1n) is 8.54. The molecule has 8 nitrogen and oxygen atoms in total. The lowest BCUT2D eigenvalue weighted by Crippen LogP contribution is -2.43. The topological polar surface area (TPSA) is 117 Å². The summed E-state index contributed by atoms with van der Waals surface area (Å²) in [5.74, 6) is -0.682. The van der Waals surface area contributed by atoms with Gasteiger partial charge in [-0.2, -0.15) is 0 Å². The molecule has 1 aromatic rings. The summed E-state index contributed by atoms with van der Waals surface area (Å²) in [4.78, 5) is 28.6. The number of nitrogens with zero attached hydrogens (tertiary/aromatic N) is 1. The number of sulfonamides is 1. The molecule has 2 amide bonds. The second-order valence-electron chi connectivity index (χ2n) is 6.08. The third-order valence-electron chi connectivity index (χ3n) is 4.18. The molecule has 1 heterocycles. The summed E-state index contributed by atoms with van der Waals surface area (Å²) in [6, 6.07) is 5.68. The Bertz CT molecular complexity index is 820. The SMILES string of the molecule is CCNC(=O)CNC(=O)[C@@H](N=C1NS(=O)(=O)c2ccccc21)[C@@H](C)CC.